The van der Waals surface area contributed by atoms with Crippen molar-refractivity contribution in [3.8, 4) is 6.07 Å². The molecule has 1 aromatic carbocycles. The molecule has 1 aliphatic rings. The first-order chi connectivity index (χ1) is 16.1. The van der Waals surface area contributed by atoms with Crippen LogP contribution in [0.3, 0.4) is 0 Å². The number of nitrogens with zero attached hydrogens (tertiary/aromatic N) is 3. The molecule has 176 valence electrons. The molecule has 0 spiro atoms. The highest BCUT2D eigenvalue weighted by molar-refractivity contribution is 8.26. The Bertz CT molecular complexity index is 1310. The van der Waals surface area contributed by atoms with E-state index in [1.807, 2.05) is 24.3 Å². The number of thioether (sulfide) groups is 1. The van der Waals surface area contributed by atoms with Gasteiger partial charge in [0, 0.05) is 37.1 Å². The van der Waals surface area contributed by atoms with Gasteiger partial charge in [-0.3, -0.25) is 23.9 Å². The van der Waals surface area contributed by atoms with E-state index in [2.05, 4.69) is 5.32 Å². The molecule has 1 saturated heterocycles. The average Bonchev–Trinajstić information content (AvgIpc) is 3.05. The first-order valence-electron chi connectivity index (χ1n) is 10.2. The Hall–Kier alpha value is -3.13. The molecule has 0 atom stereocenters. The Morgan fingerprint density at radius 2 is 2.06 bits per heavy atom. The van der Waals surface area contributed by atoms with Crippen molar-refractivity contribution in [1.29, 1.82) is 5.26 Å². The molecule has 0 unspecified atom stereocenters. The van der Waals surface area contributed by atoms with Crippen molar-refractivity contribution in [2.24, 2.45) is 7.05 Å². The maximum Gasteiger partial charge on any atom is 0.303 e. The van der Waals surface area contributed by atoms with E-state index in [-0.39, 0.29) is 30.9 Å². The molecule has 0 bridgehead atoms. The fourth-order valence-corrected chi connectivity index (χ4v) is 4.97. The predicted octanol–water partition coefficient (Wildman–Crippen LogP) is 3.90. The first kappa shape index (κ1) is 25.5. The zero-order valence-electron chi connectivity index (χ0n) is 18.4. The van der Waals surface area contributed by atoms with E-state index >= 15 is 0 Å². The summed E-state index contributed by atoms with van der Waals surface area (Å²) in [6.07, 6.45) is 1.82. The number of carboxylic acids is 1. The van der Waals surface area contributed by atoms with Gasteiger partial charge in [0.1, 0.15) is 21.8 Å². The summed E-state index contributed by atoms with van der Waals surface area (Å²) in [7, 11) is 1.55. The lowest BCUT2D eigenvalue weighted by Gasteiger charge is -2.18. The Morgan fingerprint density at radius 1 is 1.35 bits per heavy atom. The van der Waals surface area contributed by atoms with Gasteiger partial charge in [-0.1, -0.05) is 53.8 Å². The molecule has 0 radical (unpaired) electrons. The summed E-state index contributed by atoms with van der Waals surface area (Å²) in [5.41, 5.74) is 1.28. The number of benzene rings is 1. The number of aliphatic carboxylic acids is 1. The second-order valence-corrected chi connectivity index (χ2v) is 9.60. The zero-order chi connectivity index (χ0) is 25.0. The van der Waals surface area contributed by atoms with E-state index < -0.39 is 11.5 Å². The van der Waals surface area contributed by atoms with Crippen LogP contribution in [0.4, 0.5) is 5.82 Å². The molecule has 1 aromatic heterocycles. The monoisotopic (exact) mass is 516 g/mol. The van der Waals surface area contributed by atoms with Crippen LogP contribution in [-0.2, 0) is 23.2 Å². The molecule has 2 heterocycles. The summed E-state index contributed by atoms with van der Waals surface area (Å²) < 4.78 is 1.66. The van der Waals surface area contributed by atoms with Crippen LogP contribution in [-0.4, -0.2) is 37.3 Å². The largest absolute Gasteiger partial charge is 0.481 e. The summed E-state index contributed by atoms with van der Waals surface area (Å²) >= 11 is 12.7. The van der Waals surface area contributed by atoms with E-state index in [0.717, 1.165) is 17.3 Å². The smallest absolute Gasteiger partial charge is 0.303 e. The van der Waals surface area contributed by atoms with Crippen molar-refractivity contribution in [3.63, 3.8) is 0 Å². The van der Waals surface area contributed by atoms with Crippen molar-refractivity contribution in [3.05, 3.63) is 66.8 Å². The van der Waals surface area contributed by atoms with Crippen LogP contribution in [0.15, 0.2) is 34.0 Å². The molecular weight excluding hydrogens is 496 g/mol. The van der Waals surface area contributed by atoms with Gasteiger partial charge in [0.25, 0.3) is 11.5 Å². The minimum absolute atomic E-state index is 0.0195. The number of aromatic nitrogens is 1. The summed E-state index contributed by atoms with van der Waals surface area (Å²) in [5.74, 6) is -0.859. The van der Waals surface area contributed by atoms with E-state index in [0.29, 0.717) is 37.7 Å². The van der Waals surface area contributed by atoms with Gasteiger partial charge in [-0.25, -0.2) is 0 Å². The lowest BCUT2D eigenvalue weighted by Crippen LogP contribution is -2.29. The number of hydrogen-bond donors (Lipinski definition) is 2. The van der Waals surface area contributed by atoms with Crippen LogP contribution >= 0.6 is 35.6 Å². The number of nitrogens with one attached hydrogen (secondary N) is 1. The molecule has 2 aromatic rings. The van der Waals surface area contributed by atoms with Crippen LogP contribution in [0.1, 0.15) is 35.1 Å². The van der Waals surface area contributed by atoms with E-state index in [1.54, 1.807) is 26.1 Å². The number of thiocarbonyl (C=S) groups is 1. The van der Waals surface area contributed by atoms with Crippen LogP contribution in [0, 0.1) is 18.3 Å². The lowest BCUT2D eigenvalue weighted by atomic mass is 10.0. The third kappa shape index (κ3) is 5.33. The third-order valence-corrected chi connectivity index (χ3v) is 7.07. The second kappa shape index (κ2) is 10.9. The van der Waals surface area contributed by atoms with E-state index in [1.165, 1.54) is 9.47 Å². The first-order valence-corrected chi connectivity index (χ1v) is 11.8. The van der Waals surface area contributed by atoms with Crippen LogP contribution in [0.25, 0.3) is 6.08 Å². The fourth-order valence-electron chi connectivity index (χ4n) is 3.48. The SMILES string of the molecule is Cc1c(/C=C2/SC(=S)N(CCCC(=O)O)C2=O)c(NCc2ccccc2Cl)n(C)c(=O)c1C#N. The number of carboxylic acid groups (broad SMARTS) is 1. The van der Waals surface area contributed by atoms with Gasteiger partial charge < -0.3 is 10.4 Å². The van der Waals surface area contributed by atoms with Crippen molar-refractivity contribution in [2.45, 2.75) is 26.3 Å². The van der Waals surface area contributed by atoms with Crippen molar-refractivity contribution >= 4 is 63.7 Å². The molecule has 0 aliphatic carbocycles. The van der Waals surface area contributed by atoms with Crippen LogP contribution in [0.5, 0.6) is 0 Å². The highest BCUT2D eigenvalue weighted by atomic mass is 35.5. The number of pyridine rings is 1. The van der Waals surface area contributed by atoms with Gasteiger partial charge in [-0.2, -0.15) is 5.26 Å². The second-order valence-electron chi connectivity index (χ2n) is 7.51. The molecule has 2 N–H and O–H groups in total. The Balaban J connectivity index is 2.01. The highest BCUT2D eigenvalue weighted by Gasteiger charge is 2.32. The molecule has 1 fully saturated rings. The number of rotatable bonds is 8. The maximum atomic E-state index is 13.0. The zero-order valence-corrected chi connectivity index (χ0v) is 20.8. The van der Waals surface area contributed by atoms with Gasteiger partial charge in [-0.05, 0) is 36.6 Å². The van der Waals surface area contributed by atoms with Gasteiger partial charge in [0.05, 0.1) is 4.91 Å². The molecule has 0 saturated carbocycles. The Labute approximate surface area is 210 Å². The number of nitriles is 1. The molecule has 3 rings (SSSR count). The summed E-state index contributed by atoms with van der Waals surface area (Å²) in [4.78, 5) is 38.2. The topological polar surface area (TPSA) is 115 Å². The predicted molar refractivity (Wildman–Crippen MR) is 137 cm³/mol. The van der Waals surface area contributed by atoms with E-state index in [4.69, 9.17) is 28.9 Å². The summed E-state index contributed by atoms with van der Waals surface area (Å²) in [6.45, 7) is 2.16. The highest BCUT2D eigenvalue weighted by Crippen LogP contribution is 2.35. The molecule has 11 heteroatoms. The summed E-state index contributed by atoms with van der Waals surface area (Å²) in [6, 6.07) is 9.23. The maximum absolute atomic E-state index is 13.0. The van der Waals surface area contributed by atoms with Gasteiger partial charge in [0.15, 0.2) is 0 Å². The van der Waals surface area contributed by atoms with E-state index in [9.17, 15) is 19.6 Å². The summed E-state index contributed by atoms with van der Waals surface area (Å²) in [5, 5.41) is 22.2. The van der Waals surface area contributed by atoms with Gasteiger partial charge >= 0.3 is 5.97 Å². The van der Waals surface area contributed by atoms with Crippen molar-refractivity contribution < 1.29 is 14.7 Å². The molecule has 1 amide bonds. The van der Waals surface area contributed by atoms with Crippen molar-refractivity contribution in [1.82, 2.24) is 9.47 Å². The fraction of sp³-hybridized carbons (Fsp3) is 0.261. The number of anilines is 1. The third-order valence-electron chi connectivity index (χ3n) is 5.33. The Morgan fingerprint density at radius 3 is 2.71 bits per heavy atom. The molecular formula is C23H21ClN4O4S2. The number of carbonyl (C=O) groups excluding carboxylic acids is 1. The van der Waals surface area contributed by atoms with Crippen molar-refractivity contribution in [2.75, 3.05) is 11.9 Å². The van der Waals surface area contributed by atoms with Crippen LogP contribution in [0.2, 0.25) is 5.02 Å². The minimum atomic E-state index is -0.944. The van der Waals surface area contributed by atoms with Crippen LogP contribution < -0.4 is 10.9 Å². The molecule has 8 nitrogen and oxygen atoms in total. The molecule has 34 heavy (non-hydrogen) atoms. The minimum Gasteiger partial charge on any atom is -0.481 e. The number of carbonyl (C=O) groups is 2. The average molecular weight is 517 g/mol. The van der Waals surface area contributed by atoms with Gasteiger partial charge in [0.2, 0.25) is 0 Å². The number of hydrogen-bond acceptors (Lipinski definition) is 7. The standard InChI is InChI=1S/C23H21ClN4O4S2/c1-13-15(10-18-22(32)28(23(33)34-18)9-5-8-19(29)30)20(27(2)21(31)16(13)11-25)26-12-14-6-3-4-7-17(14)24/h3-4,6-7,10,26H,5,8-9,12H2,1-2H3,(H,29,30)/b18-10+. The number of halogens is 1. The lowest BCUT2D eigenvalue weighted by molar-refractivity contribution is -0.137. The number of amides is 1. The van der Waals surface area contributed by atoms with Gasteiger partial charge in [-0.15, -0.1) is 0 Å². The quantitative estimate of drug-likeness (QED) is 0.401. The normalized spacial score (nSPS) is 14.5. The molecule has 1 aliphatic heterocycles. The Kier molecular flexibility index (Phi) is 8.15.